The van der Waals surface area contributed by atoms with Gasteiger partial charge in [0.25, 0.3) is 5.56 Å². The molecule has 98 valence electrons. The van der Waals surface area contributed by atoms with Gasteiger partial charge in [-0.1, -0.05) is 18.2 Å². The number of aromatic nitrogens is 1. The molecule has 0 radical (unpaired) electrons. The molecule has 0 atom stereocenters. The summed E-state index contributed by atoms with van der Waals surface area (Å²) in [5, 5.41) is 2.73. The van der Waals surface area contributed by atoms with Crippen LogP contribution in [0.25, 0.3) is 0 Å². The monoisotopic (exact) mass is 384 g/mol. The Hall–Kier alpha value is -1.40. The zero-order valence-electron chi connectivity index (χ0n) is 9.77. The molecule has 2 rings (SSSR count). The second-order valence-electron chi connectivity index (χ2n) is 3.85. The Kier molecular flexibility index (Phi) is 4.55. The summed E-state index contributed by atoms with van der Waals surface area (Å²) in [4.78, 5) is 23.7. The van der Waals surface area contributed by atoms with Gasteiger partial charge in [0.15, 0.2) is 0 Å². The largest absolute Gasteiger partial charge is 0.325 e. The lowest BCUT2D eigenvalue weighted by molar-refractivity contribution is -0.116. The van der Waals surface area contributed by atoms with E-state index in [0.717, 1.165) is 4.47 Å². The number of rotatable bonds is 3. The van der Waals surface area contributed by atoms with Gasteiger partial charge in [0, 0.05) is 16.4 Å². The number of pyridine rings is 1. The van der Waals surface area contributed by atoms with Crippen LogP contribution < -0.4 is 10.9 Å². The van der Waals surface area contributed by atoms with E-state index in [2.05, 4.69) is 37.2 Å². The average Bonchev–Trinajstić information content (AvgIpc) is 2.36. The van der Waals surface area contributed by atoms with Crippen LogP contribution in [0.15, 0.2) is 56.3 Å². The number of para-hydroxylation sites is 1. The van der Waals surface area contributed by atoms with Gasteiger partial charge >= 0.3 is 0 Å². The maximum Gasteiger partial charge on any atom is 0.265 e. The summed E-state index contributed by atoms with van der Waals surface area (Å²) in [5.74, 6) is -0.252. The van der Waals surface area contributed by atoms with Crippen LogP contribution in [0.3, 0.4) is 0 Å². The minimum Gasteiger partial charge on any atom is -0.325 e. The highest BCUT2D eigenvalue weighted by Crippen LogP contribution is 2.13. The molecule has 1 aromatic carbocycles. The summed E-state index contributed by atoms with van der Waals surface area (Å²) < 4.78 is 2.48. The fourth-order valence-electron chi connectivity index (χ4n) is 1.56. The summed E-state index contributed by atoms with van der Waals surface area (Å²) in [7, 11) is 0. The molecule has 0 fully saturated rings. The third-order valence-electron chi connectivity index (χ3n) is 2.38. The highest BCUT2D eigenvalue weighted by atomic mass is 79.9. The third kappa shape index (κ3) is 3.78. The molecular formula is C13H10Br2N2O2. The van der Waals surface area contributed by atoms with Crippen LogP contribution >= 0.6 is 31.9 Å². The van der Waals surface area contributed by atoms with Crippen molar-refractivity contribution in [2.45, 2.75) is 6.54 Å². The number of benzene rings is 1. The van der Waals surface area contributed by atoms with Gasteiger partial charge in [-0.15, -0.1) is 0 Å². The summed E-state index contributed by atoms with van der Waals surface area (Å²) in [6.07, 6.45) is 1.58. The fourth-order valence-corrected chi connectivity index (χ4v) is 2.82. The lowest BCUT2D eigenvalue weighted by Crippen LogP contribution is -2.27. The van der Waals surface area contributed by atoms with Crippen molar-refractivity contribution in [2.24, 2.45) is 0 Å². The predicted octanol–water partition coefficient (Wildman–Crippen LogP) is 3.01. The van der Waals surface area contributed by atoms with Crippen molar-refractivity contribution in [1.82, 2.24) is 4.57 Å². The van der Waals surface area contributed by atoms with E-state index < -0.39 is 0 Å². The first-order chi connectivity index (χ1) is 9.06. The van der Waals surface area contributed by atoms with Crippen molar-refractivity contribution < 1.29 is 4.79 Å². The number of amides is 1. The topological polar surface area (TPSA) is 51.1 Å². The first-order valence-corrected chi connectivity index (χ1v) is 7.05. The van der Waals surface area contributed by atoms with Crippen LogP contribution in [0, 0.1) is 0 Å². The number of nitrogens with zero attached hydrogens (tertiary/aromatic N) is 1. The van der Waals surface area contributed by atoms with E-state index in [4.69, 9.17) is 0 Å². The molecule has 4 nitrogen and oxygen atoms in total. The maximum absolute atomic E-state index is 11.9. The third-order valence-corrected chi connectivity index (χ3v) is 3.38. The molecule has 1 N–H and O–H groups in total. The smallest absolute Gasteiger partial charge is 0.265 e. The number of carbonyl (C=O) groups is 1. The van der Waals surface area contributed by atoms with E-state index in [1.165, 1.54) is 4.57 Å². The number of carbonyl (C=O) groups excluding carboxylic acids is 1. The zero-order chi connectivity index (χ0) is 13.8. The van der Waals surface area contributed by atoms with Crippen LogP contribution in [-0.4, -0.2) is 10.5 Å². The molecule has 1 amide bonds. The summed E-state index contributed by atoms with van der Waals surface area (Å²) in [5.41, 5.74) is 0.459. The fraction of sp³-hybridized carbons (Fsp3) is 0.0769. The molecular weight excluding hydrogens is 376 g/mol. The van der Waals surface area contributed by atoms with E-state index in [1.54, 1.807) is 24.4 Å². The second kappa shape index (κ2) is 6.16. The molecule has 1 heterocycles. The van der Waals surface area contributed by atoms with Crippen LogP contribution in [0.2, 0.25) is 0 Å². The maximum atomic E-state index is 11.9. The van der Waals surface area contributed by atoms with E-state index in [0.29, 0.717) is 10.2 Å². The van der Waals surface area contributed by atoms with Crippen molar-refractivity contribution in [3.05, 3.63) is 61.9 Å². The van der Waals surface area contributed by atoms with Crippen LogP contribution in [0.1, 0.15) is 0 Å². The van der Waals surface area contributed by atoms with Gasteiger partial charge in [0.1, 0.15) is 6.54 Å². The molecule has 0 unspecified atom stereocenters. The standard InChI is InChI=1S/C13H10Br2N2O2/c14-9-6-11(15)13(19)17(7-9)8-12(18)16-10-4-2-1-3-5-10/h1-7H,8H2,(H,16,18). The quantitative estimate of drug-likeness (QED) is 0.882. The minimum atomic E-state index is -0.252. The highest BCUT2D eigenvalue weighted by Gasteiger charge is 2.08. The molecule has 0 saturated heterocycles. The van der Waals surface area contributed by atoms with E-state index >= 15 is 0 Å². The zero-order valence-corrected chi connectivity index (χ0v) is 12.9. The van der Waals surface area contributed by atoms with Crippen LogP contribution in [0.4, 0.5) is 5.69 Å². The molecule has 0 aliphatic rings. The van der Waals surface area contributed by atoms with Gasteiger partial charge < -0.3 is 9.88 Å². The Morgan fingerprint density at radius 3 is 2.58 bits per heavy atom. The number of hydrogen-bond donors (Lipinski definition) is 1. The Labute approximate surface area is 126 Å². The van der Waals surface area contributed by atoms with Gasteiger partial charge in [-0.2, -0.15) is 0 Å². The molecule has 0 aliphatic carbocycles. The van der Waals surface area contributed by atoms with Gasteiger partial charge in [0.2, 0.25) is 5.91 Å². The van der Waals surface area contributed by atoms with Crippen molar-refractivity contribution >= 4 is 43.5 Å². The van der Waals surface area contributed by atoms with Crippen molar-refractivity contribution in [3.63, 3.8) is 0 Å². The van der Waals surface area contributed by atoms with Gasteiger partial charge in [-0.25, -0.2) is 0 Å². The molecule has 2 aromatic rings. The first-order valence-electron chi connectivity index (χ1n) is 5.46. The van der Waals surface area contributed by atoms with E-state index in [1.807, 2.05) is 18.2 Å². The normalized spacial score (nSPS) is 10.2. The molecule has 0 bridgehead atoms. The lowest BCUT2D eigenvalue weighted by atomic mass is 10.3. The number of anilines is 1. The molecule has 0 spiro atoms. The lowest BCUT2D eigenvalue weighted by Gasteiger charge is -2.08. The van der Waals surface area contributed by atoms with Crippen LogP contribution in [0.5, 0.6) is 0 Å². The second-order valence-corrected chi connectivity index (χ2v) is 5.62. The Morgan fingerprint density at radius 1 is 1.21 bits per heavy atom. The Morgan fingerprint density at radius 2 is 1.89 bits per heavy atom. The summed E-state index contributed by atoms with van der Waals surface area (Å²) >= 11 is 6.44. The number of hydrogen-bond acceptors (Lipinski definition) is 2. The van der Waals surface area contributed by atoms with Gasteiger partial charge in [-0.3, -0.25) is 9.59 Å². The van der Waals surface area contributed by atoms with E-state index in [9.17, 15) is 9.59 Å². The Balaban J connectivity index is 2.14. The number of nitrogens with one attached hydrogen (secondary N) is 1. The first kappa shape index (κ1) is 14.0. The van der Waals surface area contributed by atoms with Crippen molar-refractivity contribution in [3.8, 4) is 0 Å². The highest BCUT2D eigenvalue weighted by molar-refractivity contribution is 9.11. The SMILES string of the molecule is O=C(Cn1cc(Br)cc(Br)c1=O)Nc1ccccc1. The van der Waals surface area contributed by atoms with Crippen molar-refractivity contribution in [2.75, 3.05) is 5.32 Å². The molecule has 6 heteroatoms. The molecule has 0 saturated carbocycles. The van der Waals surface area contributed by atoms with Gasteiger partial charge in [-0.05, 0) is 50.1 Å². The van der Waals surface area contributed by atoms with Crippen LogP contribution in [-0.2, 0) is 11.3 Å². The average molecular weight is 386 g/mol. The number of halogens is 2. The summed E-state index contributed by atoms with van der Waals surface area (Å²) in [6, 6.07) is 10.8. The molecule has 1 aromatic heterocycles. The minimum absolute atomic E-state index is 0.0359. The van der Waals surface area contributed by atoms with E-state index in [-0.39, 0.29) is 18.0 Å². The summed E-state index contributed by atoms with van der Waals surface area (Å²) in [6.45, 7) is -0.0359. The Bertz CT molecular complexity index is 653. The molecule has 0 aliphatic heterocycles. The molecule has 19 heavy (non-hydrogen) atoms. The predicted molar refractivity (Wildman–Crippen MR) is 81.2 cm³/mol. The van der Waals surface area contributed by atoms with Gasteiger partial charge in [0.05, 0.1) is 4.47 Å². The van der Waals surface area contributed by atoms with Crippen molar-refractivity contribution in [1.29, 1.82) is 0 Å².